The summed E-state index contributed by atoms with van der Waals surface area (Å²) in [7, 11) is 0. The van der Waals surface area contributed by atoms with Gasteiger partial charge in [-0.2, -0.15) is 5.26 Å². The number of carbonyl (C=O) groups excluding carboxylic acids is 2. The molecule has 0 bridgehead atoms. The fourth-order valence-electron chi connectivity index (χ4n) is 6.12. The first kappa shape index (κ1) is 30.4. The lowest BCUT2D eigenvalue weighted by Crippen LogP contribution is -2.48. The van der Waals surface area contributed by atoms with Crippen molar-refractivity contribution in [3.05, 3.63) is 88.1 Å². The molecule has 3 heterocycles. The van der Waals surface area contributed by atoms with Crippen molar-refractivity contribution >= 4 is 29.2 Å². The molecule has 3 atom stereocenters. The predicted octanol–water partition coefficient (Wildman–Crippen LogP) is 5.35. The Balaban J connectivity index is 1.41. The second-order valence-corrected chi connectivity index (χ2v) is 11.8. The molecule has 2 aliphatic rings. The Labute approximate surface area is 254 Å². The Hall–Kier alpha value is -4.10. The van der Waals surface area contributed by atoms with Crippen LogP contribution in [0.15, 0.2) is 54.6 Å². The molecule has 0 radical (unpaired) electrons. The van der Waals surface area contributed by atoms with Crippen LogP contribution in [0.5, 0.6) is 0 Å². The number of nitrogens with zero attached hydrogens (tertiary/aromatic N) is 6. The number of anilines is 1. The highest BCUT2D eigenvalue weighted by molar-refractivity contribution is 6.30. The predicted molar refractivity (Wildman–Crippen MR) is 158 cm³/mol. The Morgan fingerprint density at radius 1 is 1.00 bits per heavy atom. The van der Waals surface area contributed by atoms with Gasteiger partial charge in [0.15, 0.2) is 11.5 Å². The highest BCUT2D eigenvalue weighted by Gasteiger charge is 2.42. The molecule has 0 saturated carbocycles. The molecule has 2 fully saturated rings. The molecule has 0 spiro atoms. The fourth-order valence-corrected chi connectivity index (χ4v) is 6.25. The largest absolute Gasteiger partial charge is 0.354 e. The van der Waals surface area contributed by atoms with E-state index in [0.717, 1.165) is 11.6 Å². The maximum atomic E-state index is 15.1. The summed E-state index contributed by atoms with van der Waals surface area (Å²) in [5.41, 5.74) is 1.42. The van der Waals surface area contributed by atoms with Crippen molar-refractivity contribution in [2.75, 3.05) is 37.6 Å². The van der Waals surface area contributed by atoms with Crippen molar-refractivity contribution in [2.24, 2.45) is 11.8 Å². The van der Waals surface area contributed by atoms with Crippen molar-refractivity contribution in [2.45, 2.75) is 38.6 Å². The second-order valence-electron chi connectivity index (χ2n) is 11.4. The molecule has 224 valence electrons. The number of carbonyl (C=O) groups is 2. The van der Waals surface area contributed by atoms with Crippen LogP contribution in [0.3, 0.4) is 0 Å². The Morgan fingerprint density at radius 2 is 1.77 bits per heavy atom. The number of nitriles is 1. The van der Waals surface area contributed by atoms with Crippen molar-refractivity contribution in [1.29, 1.82) is 5.26 Å². The molecular weight excluding hydrogens is 574 g/mol. The average molecular weight is 607 g/mol. The van der Waals surface area contributed by atoms with E-state index >= 15 is 4.39 Å². The first-order valence-electron chi connectivity index (χ1n) is 14.4. The SMILES string of the molecule is CC(C)C(=O)N1CCN(C(=O)[C@@H]2CN(c3ccc(C#N)nn3)C[C@H]2c2ccc(F)cc2F)CCC[C@H]1c1ccc(Cl)cc1. The van der Waals surface area contributed by atoms with E-state index in [0.29, 0.717) is 43.3 Å². The third-order valence-corrected chi connectivity index (χ3v) is 8.58. The maximum absolute atomic E-state index is 15.1. The van der Waals surface area contributed by atoms with E-state index in [-0.39, 0.29) is 48.1 Å². The number of rotatable bonds is 5. The maximum Gasteiger partial charge on any atom is 0.228 e. The van der Waals surface area contributed by atoms with Crippen LogP contribution in [-0.4, -0.2) is 64.5 Å². The molecule has 2 aromatic carbocycles. The van der Waals surface area contributed by atoms with E-state index in [1.165, 1.54) is 12.1 Å². The van der Waals surface area contributed by atoms with Crippen LogP contribution in [0.4, 0.5) is 14.6 Å². The van der Waals surface area contributed by atoms with E-state index in [1.807, 2.05) is 54.0 Å². The number of halogens is 3. The first-order valence-corrected chi connectivity index (χ1v) is 14.8. The van der Waals surface area contributed by atoms with Gasteiger partial charge in [0.25, 0.3) is 0 Å². The van der Waals surface area contributed by atoms with Gasteiger partial charge in [0.1, 0.15) is 17.7 Å². The number of benzene rings is 2. The smallest absolute Gasteiger partial charge is 0.228 e. The summed E-state index contributed by atoms with van der Waals surface area (Å²) in [6.45, 7) is 5.41. The zero-order valence-corrected chi connectivity index (χ0v) is 24.8. The number of aromatic nitrogens is 2. The molecule has 0 N–H and O–H groups in total. The van der Waals surface area contributed by atoms with E-state index < -0.39 is 23.5 Å². The van der Waals surface area contributed by atoms with Crippen LogP contribution >= 0.6 is 11.6 Å². The molecule has 8 nitrogen and oxygen atoms in total. The summed E-state index contributed by atoms with van der Waals surface area (Å²) in [4.78, 5) is 33.1. The van der Waals surface area contributed by atoms with Crippen molar-refractivity contribution in [1.82, 2.24) is 20.0 Å². The van der Waals surface area contributed by atoms with Crippen LogP contribution in [0.1, 0.15) is 55.5 Å². The third kappa shape index (κ3) is 6.62. The Bertz CT molecular complexity index is 1510. The molecular formula is C32H33ClF2N6O2. The monoisotopic (exact) mass is 606 g/mol. The summed E-state index contributed by atoms with van der Waals surface area (Å²) in [6, 6.07) is 16.0. The van der Waals surface area contributed by atoms with Crippen molar-refractivity contribution in [3.8, 4) is 6.07 Å². The summed E-state index contributed by atoms with van der Waals surface area (Å²) in [5.74, 6) is -2.50. The minimum Gasteiger partial charge on any atom is -0.354 e. The van der Waals surface area contributed by atoms with Gasteiger partial charge in [0, 0.05) is 55.6 Å². The quantitative estimate of drug-likeness (QED) is 0.389. The molecule has 2 aliphatic heterocycles. The number of hydrogen-bond donors (Lipinski definition) is 0. The van der Waals surface area contributed by atoms with Gasteiger partial charge in [-0.05, 0) is 54.3 Å². The molecule has 0 aliphatic carbocycles. The Kier molecular flexibility index (Phi) is 9.21. The highest BCUT2D eigenvalue weighted by Crippen LogP contribution is 2.38. The highest BCUT2D eigenvalue weighted by atomic mass is 35.5. The van der Waals surface area contributed by atoms with Gasteiger partial charge >= 0.3 is 0 Å². The fraction of sp³-hybridized carbons (Fsp3) is 0.406. The summed E-state index contributed by atoms with van der Waals surface area (Å²) in [6.07, 6.45) is 1.32. The Morgan fingerprint density at radius 3 is 2.42 bits per heavy atom. The summed E-state index contributed by atoms with van der Waals surface area (Å²) < 4.78 is 28.9. The van der Waals surface area contributed by atoms with E-state index in [1.54, 1.807) is 17.0 Å². The minimum absolute atomic E-state index is 0.00643. The molecule has 11 heteroatoms. The first-order chi connectivity index (χ1) is 20.7. The van der Waals surface area contributed by atoms with Gasteiger partial charge < -0.3 is 14.7 Å². The average Bonchev–Trinajstić information content (AvgIpc) is 3.42. The topological polar surface area (TPSA) is 93.4 Å². The zero-order valence-electron chi connectivity index (χ0n) is 24.1. The van der Waals surface area contributed by atoms with Crippen LogP contribution in [0, 0.1) is 34.8 Å². The van der Waals surface area contributed by atoms with E-state index in [4.69, 9.17) is 16.9 Å². The summed E-state index contributed by atoms with van der Waals surface area (Å²) in [5, 5.41) is 17.8. The summed E-state index contributed by atoms with van der Waals surface area (Å²) >= 11 is 6.12. The normalized spacial score (nSPS) is 21.0. The lowest BCUT2D eigenvalue weighted by Gasteiger charge is -2.39. The van der Waals surface area contributed by atoms with Gasteiger partial charge in [-0.25, -0.2) is 8.78 Å². The van der Waals surface area contributed by atoms with Crippen LogP contribution in [0.25, 0.3) is 0 Å². The van der Waals surface area contributed by atoms with E-state index in [9.17, 15) is 14.0 Å². The second kappa shape index (κ2) is 13.0. The molecule has 43 heavy (non-hydrogen) atoms. The molecule has 3 aromatic rings. The van der Waals surface area contributed by atoms with Crippen LogP contribution in [0.2, 0.25) is 5.02 Å². The molecule has 5 rings (SSSR count). The van der Waals surface area contributed by atoms with Crippen molar-refractivity contribution in [3.63, 3.8) is 0 Å². The minimum atomic E-state index is -0.706. The lowest BCUT2D eigenvalue weighted by atomic mass is 9.87. The molecule has 2 amide bonds. The number of hydrogen-bond acceptors (Lipinski definition) is 6. The third-order valence-electron chi connectivity index (χ3n) is 8.32. The lowest BCUT2D eigenvalue weighted by molar-refractivity contribution is -0.142. The van der Waals surface area contributed by atoms with Gasteiger partial charge in [-0.15, -0.1) is 10.2 Å². The molecule has 1 aromatic heterocycles. The van der Waals surface area contributed by atoms with Gasteiger partial charge in [0.2, 0.25) is 11.8 Å². The van der Waals surface area contributed by atoms with Crippen LogP contribution < -0.4 is 4.90 Å². The van der Waals surface area contributed by atoms with Gasteiger partial charge in [0.05, 0.1) is 12.0 Å². The van der Waals surface area contributed by atoms with Gasteiger partial charge in [-0.1, -0.05) is 43.6 Å². The van der Waals surface area contributed by atoms with Crippen molar-refractivity contribution < 1.29 is 18.4 Å². The zero-order chi connectivity index (χ0) is 30.7. The number of amides is 2. The molecule has 2 saturated heterocycles. The standard InChI is InChI=1S/C32H33ClF2N6O2/c1-20(2)31(42)41-15-14-39(13-3-4-29(41)21-5-7-22(33)8-6-21)32(43)27-19-40(30-12-10-24(17-36)37-38-30)18-26(27)25-11-9-23(34)16-28(25)35/h5-12,16,20,26-27,29H,3-4,13-15,18-19H2,1-2H3/t26-,27+,29-/m0/s1. The molecule has 0 unspecified atom stereocenters. The van der Waals surface area contributed by atoms with Crippen LogP contribution in [-0.2, 0) is 9.59 Å². The van der Waals surface area contributed by atoms with E-state index in [2.05, 4.69) is 10.2 Å². The van der Waals surface area contributed by atoms with Gasteiger partial charge in [-0.3, -0.25) is 9.59 Å².